The minimum Gasteiger partial charge on any atom is -0.478 e. The van der Waals surface area contributed by atoms with Crippen LogP contribution >= 0.6 is 0 Å². The molecule has 30 heavy (non-hydrogen) atoms. The molecule has 1 aliphatic rings. The summed E-state index contributed by atoms with van der Waals surface area (Å²) in [4.78, 5) is 25.6. The second-order valence-corrected chi connectivity index (χ2v) is 6.97. The summed E-state index contributed by atoms with van der Waals surface area (Å²) in [6.45, 7) is 0.0669. The number of nitrogens with zero attached hydrogens (tertiary/aromatic N) is 2. The lowest BCUT2D eigenvalue weighted by atomic mass is 9.92. The predicted octanol–water partition coefficient (Wildman–Crippen LogP) is 4.50. The molecule has 6 nitrogen and oxygen atoms in total. The van der Waals surface area contributed by atoms with Gasteiger partial charge in [-0.25, -0.2) is 14.5 Å². The number of carboxylic acids is 1. The third-order valence-electron chi connectivity index (χ3n) is 5.21. The summed E-state index contributed by atoms with van der Waals surface area (Å²) in [6, 6.07) is 21.2. The topological polar surface area (TPSA) is 90.6 Å². The smallest absolute Gasteiger partial charge is 0.339 e. The van der Waals surface area contributed by atoms with Crippen molar-refractivity contribution in [3.8, 4) is 6.19 Å². The number of anilines is 2. The first kappa shape index (κ1) is 19.2. The molecule has 4 rings (SSSR count). The number of para-hydroxylation sites is 2. The Morgan fingerprint density at radius 2 is 1.60 bits per heavy atom. The molecular weight excluding hydrogens is 380 g/mol. The molecule has 0 fully saturated rings. The summed E-state index contributed by atoms with van der Waals surface area (Å²) in [6.07, 6.45) is 2.83. The van der Waals surface area contributed by atoms with Gasteiger partial charge in [-0.3, -0.25) is 0 Å². The van der Waals surface area contributed by atoms with Crippen LogP contribution in [0.2, 0.25) is 0 Å². The molecule has 1 N–H and O–H groups in total. The number of benzene rings is 3. The van der Waals surface area contributed by atoms with Gasteiger partial charge in [-0.05, 0) is 41.8 Å². The zero-order valence-corrected chi connectivity index (χ0v) is 16.0. The van der Waals surface area contributed by atoms with Gasteiger partial charge < -0.3 is 9.84 Å². The zero-order valence-electron chi connectivity index (χ0n) is 16.0. The highest BCUT2D eigenvalue weighted by Gasteiger charge is 2.28. The van der Waals surface area contributed by atoms with Crippen molar-refractivity contribution in [2.45, 2.75) is 12.3 Å². The van der Waals surface area contributed by atoms with Gasteiger partial charge in [0.25, 0.3) is 0 Å². The molecule has 0 amide bonds. The molecule has 0 radical (unpaired) electrons. The minimum atomic E-state index is -1.18. The summed E-state index contributed by atoms with van der Waals surface area (Å²) in [7, 11) is 0. The first-order chi connectivity index (χ1) is 14.6. The molecule has 0 aliphatic carbocycles. The molecule has 0 bridgehead atoms. The van der Waals surface area contributed by atoms with Gasteiger partial charge in [0.05, 0.1) is 29.1 Å². The Hall–Kier alpha value is -4.11. The van der Waals surface area contributed by atoms with E-state index in [0.717, 1.165) is 22.5 Å². The van der Waals surface area contributed by atoms with Gasteiger partial charge in [-0.2, -0.15) is 5.26 Å². The van der Waals surface area contributed by atoms with Crippen molar-refractivity contribution in [3.05, 3.63) is 95.1 Å². The van der Waals surface area contributed by atoms with Crippen LogP contribution in [-0.2, 0) is 11.2 Å². The van der Waals surface area contributed by atoms with Crippen LogP contribution in [0.25, 0.3) is 0 Å². The van der Waals surface area contributed by atoms with Gasteiger partial charge in [-0.15, -0.1) is 0 Å². The van der Waals surface area contributed by atoms with E-state index in [2.05, 4.69) is 6.19 Å². The summed E-state index contributed by atoms with van der Waals surface area (Å²) >= 11 is 0. The number of ether oxygens (including phenoxy) is 1. The molecule has 1 unspecified atom stereocenters. The maximum absolute atomic E-state index is 12.6. The average Bonchev–Trinajstić information content (AvgIpc) is 2.91. The maximum atomic E-state index is 12.6. The molecule has 6 heteroatoms. The van der Waals surface area contributed by atoms with Crippen LogP contribution in [-0.4, -0.2) is 23.7 Å². The third-order valence-corrected chi connectivity index (χ3v) is 5.21. The lowest BCUT2D eigenvalue weighted by molar-refractivity contribution is 0.0470. The Morgan fingerprint density at radius 1 is 0.967 bits per heavy atom. The van der Waals surface area contributed by atoms with Gasteiger partial charge in [0, 0.05) is 5.92 Å². The van der Waals surface area contributed by atoms with Crippen LogP contribution in [0.5, 0.6) is 0 Å². The van der Waals surface area contributed by atoms with E-state index in [9.17, 15) is 20.0 Å². The number of fused-ring (bicyclic) bond motifs is 2. The highest BCUT2D eigenvalue weighted by atomic mass is 16.5. The number of hydrogen-bond acceptors (Lipinski definition) is 5. The van der Waals surface area contributed by atoms with E-state index in [0.29, 0.717) is 6.42 Å². The fourth-order valence-corrected chi connectivity index (χ4v) is 3.80. The van der Waals surface area contributed by atoms with E-state index in [1.165, 1.54) is 12.1 Å². The van der Waals surface area contributed by atoms with Gasteiger partial charge in [0.2, 0.25) is 0 Å². The van der Waals surface area contributed by atoms with Crippen LogP contribution in [0.3, 0.4) is 0 Å². The maximum Gasteiger partial charge on any atom is 0.339 e. The highest BCUT2D eigenvalue weighted by molar-refractivity contribution is 6.02. The lowest BCUT2D eigenvalue weighted by Gasteiger charge is -2.20. The largest absolute Gasteiger partial charge is 0.478 e. The number of carbonyl (C=O) groups is 2. The molecule has 1 aliphatic heterocycles. The van der Waals surface area contributed by atoms with Crippen LogP contribution in [0.15, 0.2) is 72.8 Å². The predicted molar refractivity (Wildman–Crippen MR) is 111 cm³/mol. The molecular formula is C24H18N2O4. The van der Waals surface area contributed by atoms with E-state index in [1.807, 2.05) is 48.5 Å². The normalized spacial score (nSPS) is 14.6. The van der Waals surface area contributed by atoms with E-state index in [4.69, 9.17) is 4.74 Å². The molecule has 0 saturated carbocycles. The molecule has 1 heterocycles. The van der Waals surface area contributed by atoms with Gasteiger partial charge in [0.1, 0.15) is 0 Å². The fraction of sp³-hybridized carbons (Fsp3) is 0.125. The second kappa shape index (κ2) is 8.10. The van der Waals surface area contributed by atoms with Crippen LogP contribution in [0.1, 0.15) is 37.8 Å². The molecule has 0 aromatic heterocycles. The number of esters is 1. The number of hydrogen-bond donors (Lipinski definition) is 1. The second-order valence-electron chi connectivity index (χ2n) is 6.97. The van der Waals surface area contributed by atoms with Crippen LogP contribution < -0.4 is 4.90 Å². The van der Waals surface area contributed by atoms with Gasteiger partial charge in [0.15, 0.2) is 6.19 Å². The first-order valence-electron chi connectivity index (χ1n) is 9.46. The quantitative estimate of drug-likeness (QED) is 0.514. The van der Waals surface area contributed by atoms with E-state index in [1.54, 1.807) is 17.0 Å². The Balaban J connectivity index is 1.66. The van der Waals surface area contributed by atoms with Crippen molar-refractivity contribution >= 4 is 23.3 Å². The SMILES string of the molecule is N#CN1c2ccccc2CC(COC(=O)c2ccccc2C(=O)O)c2ccccc21. The molecule has 0 saturated heterocycles. The fourth-order valence-electron chi connectivity index (χ4n) is 3.80. The average molecular weight is 398 g/mol. The first-order valence-corrected chi connectivity index (χ1v) is 9.46. The molecule has 3 aromatic rings. The standard InChI is InChI=1S/C24H18N2O4/c25-15-26-21-11-5-1-7-16(21)13-17(18-8-4-6-12-22(18)26)14-30-24(29)20-10-3-2-9-19(20)23(27)28/h1-12,17H,13-14H2,(H,27,28). The Bertz CT molecular complexity index is 1170. The number of carbonyl (C=O) groups excluding carboxylic acids is 1. The number of nitriles is 1. The Labute approximate surface area is 173 Å². The van der Waals surface area contributed by atoms with Crippen molar-refractivity contribution in [1.29, 1.82) is 5.26 Å². The van der Waals surface area contributed by atoms with Gasteiger partial charge in [-0.1, -0.05) is 48.5 Å². The summed E-state index contributed by atoms with van der Waals surface area (Å²) in [5.74, 6) is -2.04. The molecule has 1 atom stereocenters. The van der Waals surface area contributed by atoms with Crippen LogP contribution in [0.4, 0.5) is 11.4 Å². The molecule has 0 spiro atoms. The monoisotopic (exact) mass is 398 g/mol. The van der Waals surface area contributed by atoms with Crippen molar-refractivity contribution in [3.63, 3.8) is 0 Å². The summed E-state index contributed by atoms with van der Waals surface area (Å²) in [5, 5.41) is 19.1. The minimum absolute atomic E-state index is 0.0194. The van der Waals surface area contributed by atoms with E-state index >= 15 is 0 Å². The van der Waals surface area contributed by atoms with Crippen molar-refractivity contribution in [1.82, 2.24) is 0 Å². The summed E-state index contributed by atoms with van der Waals surface area (Å²) < 4.78 is 5.55. The zero-order chi connectivity index (χ0) is 21.1. The number of aromatic carboxylic acids is 1. The highest BCUT2D eigenvalue weighted by Crippen LogP contribution is 2.40. The third kappa shape index (κ3) is 3.49. The van der Waals surface area contributed by atoms with Crippen LogP contribution in [0, 0.1) is 11.5 Å². The van der Waals surface area contributed by atoms with Crippen molar-refractivity contribution in [2.75, 3.05) is 11.5 Å². The van der Waals surface area contributed by atoms with E-state index in [-0.39, 0.29) is 23.7 Å². The lowest BCUT2D eigenvalue weighted by Crippen LogP contribution is -2.17. The number of carboxylic acid groups (broad SMARTS) is 1. The van der Waals surface area contributed by atoms with Crippen molar-refractivity contribution in [2.24, 2.45) is 0 Å². The molecule has 3 aromatic carbocycles. The Morgan fingerprint density at radius 3 is 2.33 bits per heavy atom. The van der Waals surface area contributed by atoms with E-state index < -0.39 is 11.9 Å². The van der Waals surface area contributed by atoms with Crippen molar-refractivity contribution < 1.29 is 19.4 Å². The van der Waals surface area contributed by atoms with Gasteiger partial charge >= 0.3 is 11.9 Å². The summed E-state index contributed by atoms with van der Waals surface area (Å²) in [5.41, 5.74) is 3.35. The molecule has 148 valence electrons. The Kier molecular flexibility index (Phi) is 5.19. The number of rotatable bonds is 4.